The summed E-state index contributed by atoms with van der Waals surface area (Å²) in [5.74, 6) is -0.276. The summed E-state index contributed by atoms with van der Waals surface area (Å²) in [5.41, 5.74) is -1.56. The Labute approximate surface area is 117 Å². The van der Waals surface area contributed by atoms with Crippen LogP contribution in [0.4, 0.5) is 0 Å². The summed E-state index contributed by atoms with van der Waals surface area (Å²) >= 11 is 0. The van der Waals surface area contributed by atoms with E-state index in [9.17, 15) is 15.0 Å². The van der Waals surface area contributed by atoms with Crippen LogP contribution in [0.5, 0.6) is 0 Å². The molecule has 5 unspecified atom stereocenters. The molecule has 2 N–H and O–H groups in total. The number of hydrogen-bond acceptors (Lipinski definition) is 5. The Hall–Kier alpha value is -0.750. The van der Waals surface area contributed by atoms with E-state index in [2.05, 4.69) is 0 Å². The van der Waals surface area contributed by atoms with E-state index in [1.165, 1.54) is 0 Å². The molecule has 0 radical (unpaired) electrons. The molecule has 20 heavy (non-hydrogen) atoms. The van der Waals surface area contributed by atoms with Gasteiger partial charge in [-0.2, -0.15) is 0 Å². The van der Waals surface area contributed by atoms with Gasteiger partial charge in [0.2, 0.25) is 0 Å². The van der Waals surface area contributed by atoms with Gasteiger partial charge < -0.3 is 19.7 Å². The summed E-state index contributed by atoms with van der Waals surface area (Å²) < 4.78 is 11.8. The smallest absolute Gasteiger partial charge is 0.187 e. The predicted molar refractivity (Wildman–Crippen MR) is 69.0 cm³/mol. The van der Waals surface area contributed by atoms with E-state index < -0.39 is 28.6 Å². The third-order valence-electron chi connectivity index (χ3n) is 6.59. The van der Waals surface area contributed by atoms with Crippen LogP contribution in [0.3, 0.4) is 0 Å². The lowest BCUT2D eigenvalue weighted by atomic mass is 9.50. The maximum absolute atomic E-state index is 12.2. The molecule has 4 rings (SSSR count). The minimum atomic E-state index is -1.17. The number of aliphatic hydroxyl groups excluding tert-OH is 2. The van der Waals surface area contributed by atoms with Crippen molar-refractivity contribution in [2.24, 2.45) is 10.8 Å². The third-order valence-corrected chi connectivity index (χ3v) is 6.59. The number of aliphatic hydroxyl groups is 2. The van der Waals surface area contributed by atoms with E-state index in [1.807, 2.05) is 13.8 Å². The zero-order valence-corrected chi connectivity index (χ0v) is 11.9. The highest BCUT2D eigenvalue weighted by molar-refractivity contribution is 6.00. The average molecular weight is 280 g/mol. The van der Waals surface area contributed by atoms with Crippen LogP contribution >= 0.6 is 0 Å². The van der Waals surface area contributed by atoms with Crippen molar-refractivity contribution in [1.29, 1.82) is 0 Å². The fourth-order valence-electron chi connectivity index (χ4n) is 4.85. The number of hydrogen-bond donors (Lipinski definition) is 2. The summed E-state index contributed by atoms with van der Waals surface area (Å²) in [7, 11) is 0. The Morgan fingerprint density at radius 1 is 1.35 bits per heavy atom. The lowest BCUT2D eigenvalue weighted by Crippen LogP contribution is -2.69. The minimum absolute atomic E-state index is 0.162. The highest BCUT2D eigenvalue weighted by Gasteiger charge is 2.82. The van der Waals surface area contributed by atoms with Crippen molar-refractivity contribution in [3.8, 4) is 0 Å². The molecule has 5 heteroatoms. The van der Waals surface area contributed by atoms with Gasteiger partial charge in [0.05, 0.1) is 24.9 Å². The zero-order chi connectivity index (χ0) is 14.5. The fraction of sp³-hybridized carbons (Fsp3) is 0.800. The zero-order valence-electron chi connectivity index (χ0n) is 11.9. The van der Waals surface area contributed by atoms with E-state index in [4.69, 9.17) is 9.47 Å². The predicted octanol–water partition coefficient (Wildman–Crippen LogP) is 0.190. The maximum Gasteiger partial charge on any atom is 0.187 e. The summed E-state index contributed by atoms with van der Waals surface area (Å²) in [6, 6.07) is 0. The van der Waals surface area contributed by atoms with E-state index in [0.29, 0.717) is 18.6 Å². The molecule has 2 bridgehead atoms. The Morgan fingerprint density at radius 3 is 2.60 bits per heavy atom. The molecule has 4 aliphatic rings. The quantitative estimate of drug-likeness (QED) is 0.619. The summed E-state index contributed by atoms with van der Waals surface area (Å²) in [4.78, 5) is 12.2. The first-order valence-corrected chi connectivity index (χ1v) is 7.17. The van der Waals surface area contributed by atoms with Crippen LogP contribution in [0.15, 0.2) is 11.6 Å². The van der Waals surface area contributed by atoms with Gasteiger partial charge in [0, 0.05) is 17.3 Å². The highest BCUT2D eigenvalue weighted by Crippen LogP contribution is 2.70. The van der Waals surface area contributed by atoms with Crippen molar-refractivity contribution in [1.82, 2.24) is 0 Å². The van der Waals surface area contributed by atoms with Crippen LogP contribution in [0, 0.1) is 10.8 Å². The van der Waals surface area contributed by atoms with Crippen LogP contribution in [-0.4, -0.2) is 52.6 Å². The number of carbonyl (C=O) groups is 1. The first-order valence-electron chi connectivity index (χ1n) is 7.17. The summed E-state index contributed by atoms with van der Waals surface area (Å²) in [6.45, 7) is 6.01. The summed E-state index contributed by atoms with van der Waals surface area (Å²) in [6.07, 6.45) is -0.0389. The molecule has 0 aromatic rings. The molecule has 5 nitrogen and oxygen atoms in total. The molecule has 3 fully saturated rings. The SMILES string of the molecule is CC1=CC2OC3CC(O)[C@@](C)(C34CO4)[C@@]2(C)C(O)C1=O. The van der Waals surface area contributed by atoms with Crippen LogP contribution in [0.25, 0.3) is 0 Å². The summed E-state index contributed by atoms with van der Waals surface area (Å²) in [5, 5.41) is 21.2. The second-order valence-electron chi connectivity index (χ2n) is 7.08. The topological polar surface area (TPSA) is 79.3 Å². The monoisotopic (exact) mass is 280 g/mol. The van der Waals surface area contributed by atoms with Gasteiger partial charge in [-0.05, 0) is 18.6 Å². The van der Waals surface area contributed by atoms with Gasteiger partial charge in [-0.15, -0.1) is 0 Å². The van der Waals surface area contributed by atoms with Crippen LogP contribution in [-0.2, 0) is 14.3 Å². The van der Waals surface area contributed by atoms with Gasteiger partial charge in [-0.3, -0.25) is 4.79 Å². The van der Waals surface area contributed by atoms with Gasteiger partial charge in [0.15, 0.2) is 5.78 Å². The second-order valence-corrected chi connectivity index (χ2v) is 7.08. The fourth-order valence-corrected chi connectivity index (χ4v) is 4.85. The largest absolute Gasteiger partial charge is 0.392 e. The molecule has 0 amide bonds. The molecule has 2 aliphatic carbocycles. The van der Waals surface area contributed by atoms with Crippen LogP contribution in [0.1, 0.15) is 27.2 Å². The van der Waals surface area contributed by atoms with Crippen molar-refractivity contribution in [2.75, 3.05) is 6.61 Å². The Balaban J connectivity index is 1.94. The molecule has 2 saturated heterocycles. The van der Waals surface area contributed by atoms with Crippen molar-refractivity contribution >= 4 is 5.78 Å². The van der Waals surface area contributed by atoms with E-state index in [-0.39, 0.29) is 18.0 Å². The van der Waals surface area contributed by atoms with Crippen molar-refractivity contribution in [3.05, 3.63) is 11.6 Å². The maximum atomic E-state index is 12.2. The lowest BCUT2D eigenvalue weighted by molar-refractivity contribution is -0.233. The molecule has 7 atom stereocenters. The second kappa shape index (κ2) is 3.35. The number of ketones is 1. The molecule has 1 spiro atoms. The number of rotatable bonds is 0. The molecular formula is C15H20O5. The number of carbonyl (C=O) groups excluding carboxylic acids is 1. The van der Waals surface area contributed by atoms with E-state index in [1.54, 1.807) is 13.0 Å². The van der Waals surface area contributed by atoms with E-state index >= 15 is 0 Å². The molecular weight excluding hydrogens is 260 g/mol. The molecule has 1 saturated carbocycles. The van der Waals surface area contributed by atoms with Gasteiger partial charge in [-0.25, -0.2) is 0 Å². The van der Waals surface area contributed by atoms with Gasteiger partial charge in [0.25, 0.3) is 0 Å². The molecule has 0 aromatic heterocycles. The van der Waals surface area contributed by atoms with Crippen LogP contribution < -0.4 is 0 Å². The number of fused-ring (bicyclic) bond motifs is 2. The highest BCUT2D eigenvalue weighted by atomic mass is 16.6. The molecule has 0 aromatic carbocycles. The standard InChI is InChI=1S/C15H20O5/c1-7-4-9-13(2,12(18)11(7)17)14(3)8(16)5-10(20-9)15(14)6-19-15/h4,8-10,12,16,18H,5-6H2,1-3H3/t8?,9?,10?,12?,13-,14-,15?/m1/s1. The van der Waals surface area contributed by atoms with Crippen LogP contribution in [0.2, 0.25) is 0 Å². The first kappa shape index (κ1) is 13.0. The Bertz CT molecular complexity index is 536. The van der Waals surface area contributed by atoms with Gasteiger partial charge >= 0.3 is 0 Å². The molecule has 2 heterocycles. The molecule has 2 aliphatic heterocycles. The Kier molecular flexibility index (Phi) is 2.17. The first-order chi connectivity index (χ1) is 9.29. The number of epoxide rings is 1. The third kappa shape index (κ3) is 1.04. The number of Topliss-reactive ketones (excluding diaryl/α,β-unsaturated/α-hetero) is 1. The lowest BCUT2D eigenvalue weighted by Gasteiger charge is -2.58. The van der Waals surface area contributed by atoms with Gasteiger partial charge in [-0.1, -0.05) is 13.8 Å². The van der Waals surface area contributed by atoms with Crippen molar-refractivity contribution in [2.45, 2.75) is 57.2 Å². The van der Waals surface area contributed by atoms with Crippen molar-refractivity contribution in [3.63, 3.8) is 0 Å². The Morgan fingerprint density at radius 2 is 2.00 bits per heavy atom. The van der Waals surface area contributed by atoms with Crippen molar-refractivity contribution < 1.29 is 24.5 Å². The number of ether oxygens (including phenoxy) is 2. The van der Waals surface area contributed by atoms with Gasteiger partial charge in [0.1, 0.15) is 11.7 Å². The van der Waals surface area contributed by atoms with E-state index in [0.717, 1.165) is 0 Å². The normalized spacial score (nSPS) is 60.5. The molecule has 110 valence electrons. The average Bonchev–Trinajstić information content (AvgIpc) is 3.17. The minimum Gasteiger partial charge on any atom is -0.392 e.